The zero-order chi connectivity index (χ0) is 15.5. The van der Waals surface area contributed by atoms with E-state index in [-0.39, 0.29) is 18.6 Å². The summed E-state index contributed by atoms with van der Waals surface area (Å²) in [6, 6.07) is 12.1. The van der Waals surface area contributed by atoms with E-state index in [0.717, 1.165) is 34.6 Å². The van der Waals surface area contributed by atoms with Gasteiger partial charge >= 0.3 is 0 Å². The van der Waals surface area contributed by atoms with Crippen LogP contribution in [0.25, 0.3) is 10.8 Å². The summed E-state index contributed by atoms with van der Waals surface area (Å²) in [6.45, 7) is 1.38. The van der Waals surface area contributed by atoms with Gasteiger partial charge < -0.3 is 15.4 Å². The molecule has 1 aliphatic heterocycles. The maximum absolute atomic E-state index is 12.2. The number of carbonyl (C=O) groups is 1. The van der Waals surface area contributed by atoms with Gasteiger partial charge in [-0.15, -0.1) is 0 Å². The average molecular weight is 363 g/mol. The van der Waals surface area contributed by atoms with Crippen LogP contribution in [0, 0.1) is 0 Å². The number of benzene rings is 2. The summed E-state index contributed by atoms with van der Waals surface area (Å²) in [4.78, 5) is 14.1. The summed E-state index contributed by atoms with van der Waals surface area (Å²) in [5.74, 6) is 0.732. The molecular weight excluding hydrogens is 344 g/mol. The molecule has 1 fully saturated rings. The van der Waals surface area contributed by atoms with Crippen molar-refractivity contribution < 1.29 is 9.53 Å². The maximum Gasteiger partial charge on any atom is 0.260 e. The largest absolute Gasteiger partial charge is 0.484 e. The van der Waals surface area contributed by atoms with Crippen LogP contribution in [-0.2, 0) is 4.79 Å². The molecule has 0 saturated carbocycles. The molecule has 0 aliphatic carbocycles. The Bertz CT molecular complexity index is 689. The average Bonchev–Trinajstić information content (AvgIpc) is 3.01. The fourth-order valence-corrected chi connectivity index (χ4v) is 3.30. The molecule has 4 nitrogen and oxygen atoms in total. The third-order valence-electron chi connectivity index (χ3n) is 4.11. The minimum atomic E-state index is 0.0175. The highest BCUT2D eigenvalue weighted by molar-refractivity contribution is 9.10. The first kappa shape index (κ1) is 15.3. The Kier molecular flexibility index (Phi) is 4.64. The number of likely N-dealkylation sites (tertiary alicyclic amines) is 1. The molecule has 1 atom stereocenters. The summed E-state index contributed by atoms with van der Waals surface area (Å²) >= 11 is 3.46. The zero-order valence-corrected chi connectivity index (χ0v) is 13.9. The topological polar surface area (TPSA) is 55.6 Å². The molecule has 5 heteroatoms. The molecule has 0 spiro atoms. The number of rotatable bonds is 4. The Labute approximate surface area is 138 Å². The number of hydrogen-bond donors (Lipinski definition) is 1. The Morgan fingerprint density at radius 2 is 2.05 bits per heavy atom. The van der Waals surface area contributed by atoms with E-state index in [4.69, 9.17) is 10.5 Å². The first-order chi connectivity index (χ1) is 10.7. The van der Waals surface area contributed by atoms with Gasteiger partial charge in [0.25, 0.3) is 5.91 Å². The molecule has 1 saturated heterocycles. The van der Waals surface area contributed by atoms with Gasteiger partial charge in [0.05, 0.1) is 0 Å². The normalized spacial score (nSPS) is 17.9. The van der Waals surface area contributed by atoms with Gasteiger partial charge in [0, 0.05) is 23.6 Å². The number of hydrogen-bond acceptors (Lipinski definition) is 3. The summed E-state index contributed by atoms with van der Waals surface area (Å²) in [6.07, 6.45) is 2.02. The molecule has 1 heterocycles. The number of nitrogens with two attached hydrogens (primary N) is 1. The van der Waals surface area contributed by atoms with Crippen molar-refractivity contribution in [2.45, 2.75) is 18.9 Å². The summed E-state index contributed by atoms with van der Waals surface area (Å²) < 4.78 is 6.71. The second-order valence-corrected chi connectivity index (χ2v) is 6.48. The number of amides is 1. The van der Waals surface area contributed by atoms with Crippen molar-refractivity contribution in [1.29, 1.82) is 0 Å². The van der Waals surface area contributed by atoms with E-state index < -0.39 is 0 Å². The van der Waals surface area contributed by atoms with Crippen molar-refractivity contribution in [1.82, 2.24) is 4.90 Å². The molecule has 2 aromatic rings. The van der Waals surface area contributed by atoms with E-state index in [1.54, 1.807) is 0 Å². The number of carbonyl (C=O) groups excluding carboxylic acids is 1. The van der Waals surface area contributed by atoms with Crippen LogP contribution in [0.1, 0.15) is 12.8 Å². The second-order valence-electron chi connectivity index (χ2n) is 5.56. The standard InChI is InChI=1S/C17H19BrN2O2/c18-14-5-3-13-9-16(6-4-12(13)8-14)22-11-17(21)20-7-1-2-15(20)10-19/h3-6,8-9,15H,1-2,7,10-11,19H2. The highest BCUT2D eigenvalue weighted by atomic mass is 79.9. The highest BCUT2D eigenvalue weighted by Crippen LogP contribution is 2.24. The molecule has 22 heavy (non-hydrogen) atoms. The van der Waals surface area contributed by atoms with Gasteiger partial charge in [-0.1, -0.05) is 28.1 Å². The lowest BCUT2D eigenvalue weighted by Gasteiger charge is -2.23. The van der Waals surface area contributed by atoms with Crippen molar-refractivity contribution >= 4 is 32.6 Å². The summed E-state index contributed by atoms with van der Waals surface area (Å²) in [5, 5.41) is 2.23. The van der Waals surface area contributed by atoms with Gasteiger partial charge in [-0.2, -0.15) is 0 Å². The molecule has 1 amide bonds. The van der Waals surface area contributed by atoms with Gasteiger partial charge in [0.2, 0.25) is 0 Å². The zero-order valence-electron chi connectivity index (χ0n) is 12.3. The van der Waals surface area contributed by atoms with Crippen molar-refractivity contribution in [3.63, 3.8) is 0 Å². The summed E-state index contributed by atoms with van der Waals surface area (Å²) in [5.41, 5.74) is 5.71. The lowest BCUT2D eigenvalue weighted by Crippen LogP contribution is -2.42. The number of nitrogens with zero attached hydrogens (tertiary/aromatic N) is 1. The van der Waals surface area contributed by atoms with E-state index in [9.17, 15) is 4.79 Å². The van der Waals surface area contributed by atoms with Crippen LogP contribution in [0.2, 0.25) is 0 Å². The van der Waals surface area contributed by atoms with Crippen molar-refractivity contribution in [2.75, 3.05) is 19.7 Å². The van der Waals surface area contributed by atoms with Crippen LogP contribution in [0.3, 0.4) is 0 Å². The smallest absolute Gasteiger partial charge is 0.260 e. The third kappa shape index (κ3) is 3.25. The van der Waals surface area contributed by atoms with Gasteiger partial charge in [-0.05, 0) is 47.9 Å². The van der Waals surface area contributed by atoms with E-state index in [1.807, 2.05) is 35.2 Å². The minimum Gasteiger partial charge on any atom is -0.484 e. The van der Waals surface area contributed by atoms with E-state index in [2.05, 4.69) is 22.0 Å². The van der Waals surface area contributed by atoms with Gasteiger partial charge in [0.1, 0.15) is 5.75 Å². The van der Waals surface area contributed by atoms with Crippen molar-refractivity contribution in [3.8, 4) is 5.75 Å². The molecule has 116 valence electrons. The van der Waals surface area contributed by atoms with E-state index in [0.29, 0.717) is 12.3 Å². The fraction of sp³-hybridized carbons (Fsp3) is 0.353. The lowest BCUT2D eigenvalue weighted by molar-refractivity contribution is -0.134. The Hall–Kier alpha value is -1.59. The monoisotopic (exact) mass is 362 g/mol. The molecule has 0 bridgehead atoms. The van der Waals surface area contributed by atoms with Crippen LogP contribution >= 0.6 is 15.9 Å². The Morgan fingerprint density at radius 3 is 2.86 bits per heavy atom. The van der Waals surface area contributed by atoms with Crippen LogP contribution in [0.4, 0.5) is 0 Å². The number of fused-ring (bicyclic) bond motifs is 1. The quantitative estimate of drug-likeness (QED) is 0.909. The van der Waals surface area contributed by atoms with Gasteiger partial charge in [0.15, 0.2) is 6.61 Å². The van der Waals surface area contributed by atoms with E-state index in [1.165, 1.54) is 0 Å². The molecule has 1 unspecified atom stereocenters. The fourth-order valence-electron chi connectivity index (χ4n) is 2.92. The van der Waals surface area contributed by atoms with E-state index >= 15 is 0 Å². The van der Waals surface area contributed by atoms with Crippen LogP contribution in [0.15, 0.2) is 40.9 Å². The van der Waals surface area contributed by atoms with Crippen LogP contribution in [-0.4, -0.2) is 36.5 Å². The van der Waals surface area contributed by atoms with Gasteiger partial charge in [-0.25, -0.2) is 0 Å². The molecule has 1 aliphatic rings. The number of ether oxygens (including phenoxy) is 1. The summed E-state index contributed by atoms with van der Waals surface area (Å²) in [7, 11) is 0. The molecule has 0 aromatic heterocycles. The molecule has 3 rings (SSSR count). The first-order valence-corrected chi connectivity index (χ1v) is 8.28. The van der Waals surface area contributed by atoms with Crippen LogP contribution in [0.5, 0.6) is 5.75 Å². The maximum atomic E-state index is 12.2. The number of halogens is 1. The molecule has 2 aromatic carbocycles. The predicted octanol–water partition coefficient (Wildman–Crippen LogP) is 2.93. The van der Waals surface area contributed by atoms with Crippen molar-refractivity contribution in [3.05, 3.63) is 40.9 Å². The Morgan fingerprint density at radius 1 is 1.27 bits per heavy atom. The Balaban J connectivity index is 1.66. The first-order valence-electron chi connectivity index (χ1n) is 7.49. The minimum absolute atomic E-state index is 0.0175. The highest BCUT2D eigenvalue weighted by Gasteiger charge is 2.27. The SMILES string of the molecule is NCC1CCCN1C(=O)COc1ccc2cc(Br)ccc2c1. The molecular formula is C17H19BrN2O2. The molecule has 2 N–H and O–H groups in total. The van der Waals surface area contributed by atoms with Crippen molar-refractivity contribution in [2.24, 2.45) is 5.73 Å². The van der Waals surface area contributed by atoms with Crippen LogP contribution < -0.4 is 10.5 Å². The lowest BCUT2D eigenvalue weighted by atomic mass is 10.1. The predicted molar refractivity (Wildman–Crippen MR) is 90.9 cm³/mol. The third-order valence-corrected chi connectivity index (χ3v) is 4.60. The van der Waals surface area contributed by atoms with Gasteiger partial charge in [-0.3, -0.25) is 4.79 Å². The second kappa shape index (κ2) is 6.67. The molecule has 0 radical (unpaired) electrons.